The fraction of sp³-hybridized carbons (Fsp3) is 0.517. The van der Waals surface area contributed by atoms with E-state index in [0.29, 0.717) is 0 Å². The summed E-state index contributed by atoms with van der Waals surface area (Å²) < 4.78 is 0. The molecular weight excluding hydrogens is 348 g/mol. The third-order valence-corrected chi connectivity index (χ3v) is 7.80. The molecule has 0 heterocycles. The summed E-state index contributed by atoms with van der Waals surface area (Å²) in [7, 11) is 0. The van der Waals surface area contributed by atoms with Crippen LogP contribution >= 0.6 is 0 Å². The molecule has 0 amide bonds. The van der Waals surface area contributed by atoms with E-state index in [9.17, 15) is 0 Å². The van der Waals surface area contributed by atoms with Gasteiger partial charge in [0.05, 0.1) is 0 Å². The topological polar surface area (TPSA) is 0 Å². The van der Waals surface area contributed by atoms with E-state index in [2.05, 4.69) is 74.5 Å². The predicted molar refractivity (Wildman–Crippen MR) is 126 cm³/mol. The Hall–Kier alpha value is -1.82. The van der Waals surface area contributed by atoms with Crippen molar-refractivity contribution in [1.82, 2.24) is 0 Å². The zero-order chi connectivity index (χ0) is 20.1. The molecular formula is C29H38. The van der Waals surface area contributed by atoms with Crippen LogP contribution in [-0.4, -0.2) is 0 Å². The van der Waals surface area contributed by atoms with E-state index in [1.807, 2.05) is 0 Å². The molecule has 0 heteroatoms. The molecule has 29 heavy (non-hydrogen) atoms. The van der Waals surface area contributed by atoms with Gasteiger partial charge in [0.2, 0.25) is 0 Å². The average Bonchev–Trinajstić information content (AvgIpc) is 2.79. The van der Waals surface area contributed by atoms with Gasteiger partial charge in [-0.25, -0.2) is 0 Å². The molecule has 0 nitrogen and oxygen atoms in total. The molecule has 4 rings (SSSR count). The second kappa shape index (κ2) is 9.79. The molecule has 0 radical (unpaired) electrons. The van der Waals surface area contributed by atoms with Crippen LogP contribution < -0.4 is 0 Å². The molecule has 0 aromatic heterocycles. The van der Waals surface area contributed by atoms with Gasteiger partial charge in [-0.1, -0.05) is 80.4 Å². The highest BCUT2D eigenvalue weighted by atomic mass is 14.4. The van der Waals surface area contributed by atoms with Crippen LogP contribution in [0.3, 0.4) is 0 Å². The number of aryl methyl sites for hydroxylation is 1. The van der Waals surface area contributed by atoms with Gasteiger partial charge in [-0.3, -0.25) is 0 Å². The van der Waals surface area contributed by atoms with E-state index in [1.54, 1.807) is 5.56 Å². The van der Waals surface area contributed by atoms with Crippen molar-refractivity contribution in [1.29, 1.82) is 0 Å². The van der Waals surface area contributed by atoms with E-state index >= 15 is 0 Å². The van der Waals surface area contributed by atoms with Gasteiger partial charge in [0.25, 0.3) is 0 Å². The van der Waals surface area contributed by atoms with E-state index < -0.39 is 0 Å². The molecule has 2 fully saturated rings. The molecule has 2 saturated carbocycles. The van der Waals surface area contributed by atoms with Crippen molar-refractivity contribution in [3.63, 3.8) is 0 Å². The largest absolute Gasteiger partial charge is 0.0917 e. The Balaban J connectivity index is 1.37. The third-order valence-electron chi connectivity index (χ3n) is 7.80. The smallest absolute Gasteiger partial charge is 0.0159 e. The first-order valence-electron chi connectivity index (χ1n) is 12.1. The number of hydrogen-bond donors (Lipinski definition) is 0. The van der Waals surface area contributed by atoms with Crippen molar-refractivity contribution in [3.05, 3.63) is 71.8 Å². The van der Waals surface area contributed by atoms with Crippen LogP contribution in [0.15, 0.2) is 60.7 Å². The zero-order valence-corrected chi connectivity index (χ0v) is 18.4. The second-order valence-corrected chi connectivity index (χ2v) is 9.54. The second-order valence-electron chi connectivity index (χ2n) is 9.54. The minimum atomic E-state index is 0.789. The predicted octanol–water partition coefficient (Wildman–Crippen LogP) is 8.57. The van der Waals surface area contributed by atoms with E-state index in [0.717, 1.165) is 36.5 Å². The Kier molecular flexibility index (Phi) is 6.90. The fourth-order valence-corrected chi connectivity index (χ4v) is 5.89. The first kappa shape index (κ1) is 20.5. The quantitative estimate of drug-likeness (QED) is 0.436. The van der Waals surface area contributed by atoms with Gasteiger partial charge in [0.15, 0.2) is 0 Å². The van der Waals surface area contributed by atoms with Crippen LogP contribution in [0.2, 0.25) is 0 Å². The van der Waals surface area contributed by atoms with Crippen molar-refractivity contribution >= 4 is 0 Å². The van der Waals surface area contributed by atoms with Crippen LogP contribution in [0.4, 0.5) is 0 Å². The summed E-state index contributed by atoms with van der Waals surface area (Å²) in [4.78, 5) is 0. The summed E-state index contributed by atoms with van der Waals surface area (Å²) in [5.41, 5.74) is 5.70. The summed E-state index contributed by atoms with van der Waals surface area (Å²) in [6.45, 7) is 4.48. The number of rotatable bonds is 6. The van der Waals surface area contributed by atoms with Gasteiger partial charge in [-0.2, -0.15) is 0 Å². The molecule has 2 aromatic rings. The first-order chi connectivity index (χ1) is 14.3. The van der Waals surface area contributed by atoms with Crippen molar-refractivity contribution < 1.29 is 0 Å². The highest BCUT2D eigenvalue weighted by Crippen LogP contribution is 2.48. The molecule has 0 bridgehead atoms. The van der Waals surface area contributed by atoms with Crippen molar-refractivity contribution in [2.24, 2.45) is 17.8 Å². The molecule has 4 atom stereocenters. The Morgan fingerprint density at radius 3 is 2.14 bits per heavy atom. The molecule has 2 aliphatic rings. The minimum Gasteiger partial charge on any atom is -0.0917 e. The lowest BCUT2D eigenvalue weighted by Crippen LogP contribution is -2.30. The van der Waals surface area contributed by atoms with Crippen LogP contribution in [0.25, 0.3) is 11.1 Å². The van der Waals surface area contributed by atoms with Gasteiger partial charge in [0, 0.05) is 0 Å². The van der Waals surface area contributed by atoms with Gasteiger partial charge in [-0.05, 0) is 97.8 Å². The van der Waals surface area contributed by atoms with Gasteiger partial charge >= 0.3 is 0 Å². The standard InChI is InChI=1S/C29H38/c1-3-5-6-7-23-9-11-24(12-10-23)25-14-16-26(17-15-25)28-19-18-27-20-22(4-2)8-13-29(27)21-28/h3,5,9-12,14-17,22,27-29H,4,6-8,13,18-21H2,1-2H3. The summed E-state index contributed by atoms with van der Waals surface area (Å²) >= 11 is 0. The summed E-state index contributed by atoms with van der Waals surface area (Å²) in [5, 5.41) is 0. The number of allylic oxidation sites excluding steroid dienone is 2. The lowest BCUT2D eigenvalue weighted by Gasteiger charge is -2.42. The number of fused-ring (bicyclic) bond motifs is 1. The average molecular weight is 387 g/mol. The lowest BCUT2D eigenvalue weighted by molar-refractivity contribution is 0.116. The van der Waals surface area contributed by atoms with Crippen LogP contribution in [0.1, 0.15) is 82.3 Å². The Morgan fingerprint density at radius 1 is 0.793 bits per heavy atom. The van der Waals surface area contributed by atoms with E-state index in [-0.39, 0.29) is 0 Å². The van der Waals surface area contributed by atoms with Gasteiger partial charge in [-0.15, -0.1) is 0 Å². The Bertz CT molecular complexity index is 780. The maximum Gasteiger partial charge on any atom is -0.0159 e. The monoisotopic (exact) mass is 386 g/mol. The minimum absolute atomic E-state index is 0.789. The van der Waals surface area contributed by atoms with Crippen LogP contribution in [-0.2, 0) is 6.42 Å². The fourth-order valence-electron chi connectivity index (χ4n) is 5.89. The molecule has 0 aliphatic heterocycles. The lowest BCUT2D eigenvalue weighted by atomic mass is 9.63. The normalized spacial score (nSPS) is 27.1. The maximum absolute atomic E-state index is 2.41. The summed E-state index contributed by atoms with van der Waals surface area (Å²) in [6.07, 6.45) is 16.8. The van der Waals surface area contributed by atoms with Crippen LogP contribution in [0, 0.1) is 17.8 Å². The Morgan fingerprint density at radius 2 is 1.45 bits per heavy atom. The van der Waals surface area contributed by atoms with E-state index in [4.69, 9.17) is 0 Å². The van der Waals surface area contributed by atoms with Crippen molar-refractivity contribution in [2.75, 3.05) is 0 Å². The molecule has 4 unspecified atom stereocenters. The molecule has 0 spiro atoms. The SMILES string of the molecule is CC=CCCc1ccc(-c2ccc(C3CCC4CC(CC)CCC4C3)cc2)cc1. The van der Waals surface area contributed by atoms with Crippen LogP contribution in [0.5, 0.6) is 0 Å². The summed E-state index contributed by atoms with van der Waals surface area (Å²) in [6, 6.07) is 18.7. The zero-order valence-electron chi connectivity index (χ0n) is 18.4. The molecule has 0 saturated heterocycles. The molecule has 2 aliphatic carbocycles. The molecule has 154 valence electrons. The van der Waals surface area contributed by atoms with Gasteiger partial charge in [0.1, 0.15) is 0 Å². The third kappa shape index (κ3) is 5.03. The number of benzene rings is 2. The highest BCUT2D eigenvalue weighted by molar-refractivity contribution is 5.64. The van der Waals surface area contributed by atoms with E-state index in [1.165, 1.54) is 61.6 Å². The maximum atomic E-state index is 2.41. The molecule has 2 aromatic carbocycles. The summed E-state index contributed by atoms with van der Waals surface area (Å²) in [5.74, 6) is 3.82. The van der Waals surface area contributed by atoms with Gasteiger partial charge < -0.3 is 0 Å². The van der Waals surface area contributed by atoms with Crippen molar-refractivity contribution in [3.8, 4) is 11.1 Å². The van der Waals surface area contributed by atoms with Crippen molar-refractivity contribution in [2.45, 2.75) is 77.6 Å². The first-order valence-corrected chi connectivity index (χ1v) is 12.1. The highest BCUT2D eigenvalue weighted by Gasteiger charge is 2.35. The Labute approximate surface area is 178 Å². The molecule has 0 N–H and O–H groups in total. The number of hydrogen-bond acceptors (Lipinski definition) is 0.